The molecule has 62 valence electrons. The molecular formula is C8H18FN. The summed E-state index contributed by atoms with van der Waals surface area (Å²) >= 11 is 0. The molecule has 0 aromatic rings. The molecule has 0 aliphatic carbocycles. The molecule has 0 aromatic carbocycles. The van der Waals surface area contributed by atoms with Gasteiger partial charge in [0.2, 0.25) is 0 Å². The van der Waals surface area contributed by atoms with Crippen molar-refractivity contribution >= 4 is 0 Å². The molecule has 1 heterocycles. The molecule has 1 N–H and O–H groups in total. The van der Waals surface area contributed by atoms with Crippen molar-refractivity contribution in [2.75, 3.05) is 6.54 Å². The maximum Gasteiger partial charge on any atom is 0.114 e. The molecule has 2 atom stereocenters. The largest absolute Gasteiger partial charge is 0.311 e. The standard InChI is InChI=1S/C8H16FN.H2/c1-6(2)3-8-4-7(9)5-10-8;/h6-8,10H,3-5H2,1-2H3;1H/t7-,8+;/m0./s1. The summed E-state index contributed by atoms with van der Waals surface area (Å²) in [5, 5.41) is 3.16. The Hall–Kier alpha value is -0.110. The van der Waals surface area contributed by atoms with E-state index < -0.39 is 6.17 Å². The van der Waals surface area contributed by atoms with Gasteiger partial charge in [-0.1, -0.05) is 13.8 Å². The van der Waals surface area contributed by atoms with Gasteiger partial charge in [-0.2, -0.15) is 0 Å². The van der Waals surface area contributed by atoms with Gasteiger partial charge >= 0.3 is 0 Å². The first-order valence-electron chi connectivity index (χ1n) is 4.06. The van der Waals surface area contributed by atoms with E-state index in [1.807, 2.05) is 0 Å². The summed E-state index contributed by atoms with van der Waals surface area (Å²) in [5.74, 6) is 0.683. The van der Waals surface area contributed by atoms with Gasteiger partial charge in [0.25, 0.3) is 0 Å². The second-order valence-corrected chi connectivity index (χ2v) is 3.57. The fourth-order valence-corrected chi connectivity index (χ4v) is 1.52. The molecule has 1 fully saturated rings. The van der Waals surface area contributed by atoms with E-state index in [0.29, 0.717) is 18.5 Å². The summed E-state index contributed by atoms with van der Waals surface area (Å²) in [4.78, 5) is 0. The van der Waals surface area contributed by atoms with Crippen LogP contribution in [0, 0.1) is 5.92 Å². The Morgan fingerprint density at radius 1 is 1.70 bits per heavy atom. The van der Waals surface area contributed by atoms with Crippen LogP contribution in [-0.4, -0.2) is 18.8 Å². The van der Waals surface area contributed by atoms with E-state index in [4.69, 9.17) is 0 Å². The molecular weight excluding hydrogens is 129 g/mol. The molecule has 0 unspecified atom stereocenters. The van der Waals surface area contributed by atoms with Crippen LogP contribution >= 0.6 is 0 Å². The maximum atomic E-state index is 12.6. The van der Waals surface area contributed by atoms with Crippen LogP contribution in [0.1, 0.15) is 28.1 Å². The first-order valence-corrected chi connectivity index (χ1v) is 4.06. The summed E-state index contributed by atoms with van der Waals surface area (Å²) in [5.41, 5.74) is 0. The molecule has 0 aromatic heterocycles. The normalized spacial score (nSPS) is 33.6. The Kier molecular flexibility index (Phi) is 2.66. The highest BCUT2D eigenvalue weighted by Crippen LogP contribution is 2.16. The maximum absolute atomic E-state index is 12.6. The number of hydrogen-bond donors (Lipinski definition) is 1. The third-order valence-electron chi connectivity index (χ3n) is 1.92. The van der Waals surface area contributed by atoms with Crippen molar-refractivity contribution in [3.63, 3.8) is 0 Å². The predicted octanol–water partition coefficient (Wildman–Crippen LogP) is 1.98. The minimum atomic E-state index is -0.594. The lowest BCUT2D eigenvalue weighted by Gasteiger charge is -2.11. The fourth-order valence-electron chi connectivity index (χ4n) is 1.52. The average Bonchev–Trinajstić information content (AvgIpc) is 2.13. The van der Waals surface area contributed by atoms with Gasteiger partial charge in [-0.05, 0) is 18.8 Å². The number of halogens is 1. The van der Waals surface area contributed by atoms with Gasteiger partial charge in [0.15, 0.2) is 0 Å². The lowest BCUT2D eigenvalue weighted by Crippen LogP contribution is -2.22. The van der Waals surface area contributed by atoms with Crippen molar-refractivity contribution in [2.45, 2.75) is 38.9 Å². The van der Waals surface area contributed by atoms with Crippen molar-refractivity contribution in [1.29, 1.82) is 0 Å². The summed E-state index contributed by atoms with van der Waals surface area (Å²) in [6.45, 7) is 4.91. The minimum Gasteiger partial charge on any atom is -0.311 e. The van der Waals surface area contributed by atoms with E-state index in [1.165, 1.54) is 0 Å². The van der Waals surface area contributed by atoms with Crippen LogP contribution in [-0.2, 0) is 0 Å². The first-order chi connectivity index (χ1) is 4.68. The van der Waals surface area contributed by atoms with Crippen molar-refractivity contribution in [3.8, 4) is 0 Å². The second kappa shape index (κ2) is 3.33. The highest BCUT2D eigenvalue weighted by atomic mass is 19.1. The number of rotatable bonds is 2. The average molecular weight is 147 g/mol. The van der Waals surface area contributed by atoms with Crippen molar-refractivity contribution < 1.29 is 5.82 Å². The monoisotopic (exact) mass is 147 g/mol. The highest BCUT2D eigenvalue weighted by molar-refractivity contribution is 4.81. The molecule has 1 rings (SSSR count). The zero-order valence-corrected chi connectivity index (χ0v) is 6.73. The smallest absolute Gasteiger partial charge is 0.114 e. The molecule has 0 saturated carbocycles. The lowest BCUT2D eigenvalue weighted by atomic mass is 10.0. The molecule has 2 heteroatoms. The summed E-state index contributed by atoms with van der Waals surface area (Å²) in [7, 11) is 0. The molecule has 0 amide bonds. The second-order valence-electron chi connectivity index (χ2n) is 3.57. The Labute approximate surface area is 63.5 Å². The van der Waals surface area contributed by atoms with Gasteiger partial charge < -0.3 is 5.32 Å². The van der Waals surface area contributed by atoms with Crippen molar-refractivity contribution in [3.05, 3.63) is 0 Å². The van der Waals surface area contributed by atoms with Gasteiger partial charge in [-0.3, -0.25) is 0 Å². The van der Waals surface area contributed by atoms with Crippen LogP contribution in [0.3, 0.4) is 0 Å². The molecule has 0 radical (unpaired) electrons. The van der Waals surface area contributed by atoms with Gasteiger partial charge in [0, 0.05) is 14.0 Å². The summed E-state index contributed by atoms with van der Waals surface area (Å²) in [6, 6.07) is 0.440. The first kappa shape index (κ1) is 7.99. The Morgan fingerprint density at radius 3 is 2.80 bits per heavy atom. The van der Waals surface area contributed by atoms with Gasteiger partial charge in [0.1, 0.15) is 6.17 Å². The molecule has 0 bridgehead atoms. The lowest BCUT2D eigenvalue weighted by molar-refractivity contribution is 0.349. The van der Waals surface area contributed by atoms with E-state index in [2.05, 4.69) is 19.2 Å². The summed E-state index contributed by atoms with van der Waals surface area (Å²) in [6.07, 6.45) is 1.24. The fraction of sp³-hybridized carbons (Fsp3) is 1.00. The Balaban J connectivity index is 0.000001000. The molecule has 1 nitrogen and oxygen atoms in total. The Morgan fingerprint density at radius 2 is 2.40 bits per heavy atom. The van der Waals surface area contributed by atoms with Crippen molar-refractivity contribution in [1.82, 2.24) is 5.32 Å². The summed E-state index contributed by atoms with van der Waals surface area (Å²) < 4.78 is 12.6. The number of nitrogens with one attached hydrogen (secondary N) is 1. The molecule has 0 spiro atoms. The van der Waals surface area contributed by atoms with E-state index in [0.717, 1.165) is 12.8 Å². The van der Waals surface area contributed by atoms with Crippen LogP contribution in [0.4, 0.5) is 4.39 Å². The Bertz CT molecular complexity index is 108. The van der Waals surface area contributed by atoms with E-state index in [1.54, 1.807) is 0 Å². The topological polar surface area (TPSA) is 12.0 Å². The van der Waals surface area contributed by atoms with Gasteiger partial charge in [0.05, 0.1) is 0 Å². The van der Waals surface area contributed by atoms with Crippen LogP contribution < -0.4 is 5.32 Å². The molecule has 1 aliphatic heterocycles. The zero-order chi connectivity index (χ0) is 7.56. The molecule has 1 aliphatic rings. The van der Waals surface area contributed by atoms with Gasteiger partial charge in [-0.15, -0.1) is 0 Å². The van der Waals surface area contributed by atoms with E-state index in [-0.39, 0.29) is 1.43 Å². The number of alkyl halides is 1. The third kappa shape index (κ3) is 2.25. The number of hydrogen-bond acceptors (Lipinski definition) is 1. The third-order valence-corrected chi connectivity index (χ3v) is 1.92. The highest BCUT2D eigenvalue weighted by Gasteiger charge is 2.23. The quantitative estimate of drug-likeness (QED) is 0.629. The van der Waals surface area contributed by atoms with Crippen LogP contribution in [0.2, 0.25) is 0 Å². The van der Waals surface area contributed by atoms with E-state index >= 15 is 0 Å². The van der Waals surface area contributed by atoms with Crippen LogP contribution in [0.25, 0.3) is 0 Å². The molecule has 1 saturated heterocycles. The van der Waals surface area contributed by atoms with Gasteiger partial charge in [-0.25, -0.2) is 4.39 Å². The predicted molar refractivity (Wildman–Crippen MR) is 42.9 cm³/mol. The zero-order valence-electron chi connectivity index (χ0n) is 6.73. The van der Waals surface area contributed by atoms with Crippen LogP contribution in [0.15, 0.2) is 0 Å². The SMILES string of the molecule is CC(C)C[C@@H]1C[C@H](F)CN1.[HH]. The van der Waals surface area contributed by atoms with Crippen molar-refractivity contribution in [2.24, 2.45) is 5.92 Å². The van der Waals surface area contributed by atoms with Crippen LogP contribution in [0.5, 0.6) is 0 Å². The minimum absolute atomic E-state index is 0. The van der Waals surface area contributed by atoms with E-state index in [9.17, 15) is 4.39 Å². The molecule has 10 heavy (non-hydrogen) atoms.